The summed E-state index contributed by atoms with van der Waals surface area (Å²) in [5.41, 5.74) is 2.15. The molecule has 4 rings (SSSR count). The Bertz CT molecular complexity index is 867. The number of rotatable bonds is 3. The highest BCUT2D eigenvalue weighted by molar-refractivity contribution is 6.13. The first kappa shape index (κ1) is 17.0. The van der Waals surface area contributed by atoms with Gasteiger partial charge in [-0.25, -0.2) is 0 Å². The highest BCUT2D eigenvalue weighted by Gasteiger charge is 2.28. The molecule has 2 aliphatic rings. The quantitative estimate of drug-likeness (QED) is 0.671. The van der Waals surface area contributed by atoms with Crippen LogP contribution in [0.3, 0.4) is 0 Å². The number of aromatic hydroxyl groups is 1. The molecule has 1 N–H and O–H groups in total. The van der Waals surface area contributed by atoms with Crippen molar-refractivity contribution in [2.45, 2.75) is 25.3 Å². The minimum Gasteiger partial charge on any atom is -0.494 e. The number of aromatic nitrogens is 1. The predicted molar refractivity (Wildman–Crippen MR) is 96.2 cm³/mol. The number of hydrogen-bond acceptors (Lipinski definition) is 6. The summed E-state index contributed by atoms with van der Waals surface area (Å²) >= 11 is 0. The molecule has 0 bridgehead atoms. The Morgan fingerprint density at radius 2 is 1.96 bits per heavy atom. The number of aliphatic imine (C=N–C) groups is 1. The largest absolute Gasteiger partial charge is 0.494 e. The van der Waals surface area contributed by atoms with Gasteiger partial charge in [0.1, 0.15) is 0 Å². The molecule has 0 atom stereocenters. The van der Waals surface area contributed by atoms with Crippen LogP contribution in [0.25, 0.3) is 10.9 Å². The van der Waals surface area contributed by atoms with Gasteiger partial charge in [-0.1, -0.05) is 0 Å². The second-order valence-electron chi connectivity index (χ2n) is 6.56. The number of fused-ring (bicyclic) bond motifs is 1. The van der Waals surface area contributed by atoms with E-state index in [2.05, 4.69) is 4.99 Å². The molecule has 138 valence electrons. The second kappa shape index (κ2) is 7.05. The van der Waals surface area contributed by atoms with E-state index in [0.717, 1.165) is 24.1 Å². The molecule has 0 aliphatic carbocycles. The Morgan fingerprint density at radius 1 is 1.19 bits per heavy atom. The predicted octanol–water partition coefficient (Wildman–Crippen LogP) is 2.82. The molecule has 2 aromatic rings. The number of nitro benzene ring substituents is 1. The van der Waals surface area contributed by atoms with E-state index in [1.165, 1.54) is 12.1 Å². The van der Waals surface area contributed by atoms with Crippen LogP contribution in [0, 0.1) is 10.1 Å². The summed E-state index contributed by atoms with van der Waals surface area (Å²) in [6.45, 7) is 2.87. The highest BCUT2D eigenvalue weighted by Crippen LogP contribution is 2.39. The van der Waals surface area contributed by atoms with Gasteiger partial charge >= 0.3 is 0 Å². The van der Waals surface area contributed by atoms with Crippen molar-refractivity contribution in [2.75, 3.05) is 33.0 Å². The molecule has 8 nitrogen and oxygen atoms in total. The molecule has 26 heavy (non-hydrogen) atoms. The monoisotopic (exact) mass is 359 g/mol. The maximum absolute atomic E-state index is 11.3. The van der Waals surface area contributed by atoms with Crippen LogP contribution in [-0.4, -0.2) is 53.3 Å². The molecule has 0 saturated carbocycles. The molecule has 0 amide bonds. The van der Waals surface area contributed by atoms with E-state index in [4.69, 9.17) is 9.47 Å². The van der Waals surface area contributed by atoms with Gasteiger partial charge in [-0.15, -0.1) is 0 Å². The molecule has 0 unspecified atom stereocenters. The van der Waals surface area contributed by atoms with Crippen LogP contribution in [0.2, 0.25) is 0 Å². The first-order valence-corrected chi connectivity index (χ1v) is 8.87. The number of nitro groups is 1. The summed E-state index contributed by atoms with van der Waals surface area (Å²) in [5, 5.41) is 23.0. The van der Waals surface area contributed by atoms with Crippen molar-refractivity contribution in [1.82, 2.24) is 4.57 Å². The van der Waals surface area contributed by atoms with Crippen LogP contribution >= 0.6 is 0 Å². The minimum atomic E-state index is -0.413. The number of benzene rings is 1. The Hall–Kier alpha value is -2.45. The zero-order valence-electron chi connectivity index (χ0n) is 14.4. The molecule has 1 saturated heterocycles. The van der Waals surface area contributed by atoms with Crippen LogP contribution < -0.4 is 0 Å². The van der Waals surface area contributed by atoms with Crippen LogP contribution in [-0.2, 0) is 9.47 Å². The van der Waals surface area contributed by atoms with Gasteiger partial charge in [-0.2, -0.15) is 0 Å². The fourth-order valence-corrected chi connectivity index (χ4v) is 3.80. The van der Waals surface area contributed by atoms with E-state index in [9.17, 15) is 15.2 Å². The topological polar surface area (TPSA) is 99.1 Å². The molecular weight excluding hydrogens is 338 g/mol. The fraction of sp³-hybridized carbons (Fsp3) is 0.500. The molecule has 0 spiro atoms. The van der Waals surface area contributed by atoms with Gasteiger partial charge in [0.25, 0.3) is 5.69 Å². The van der Waals surface area contributed by atoms with Crippen molar-refractivity contribution in [3.8, 4) is 5.88 Å². The van der Waals surface area contributed by atoms with Crippen molar-refractivity contribution in [3.63, 3.8) is 0 Å². The van der Waals surface area contributed by atoms with E-state index in [1.54, 1.807) is 6.07 Å². The summed E-state index contributed by atoms with van der Waals surface area (Å²) < 4.78 is 12.8. The van der Waals surface area contributed by atoms with E-state index >= 15 is 0 Å². The number of ether oxygens (including phenoxy) is 2. The smallest absolute Gasteiger partial charge is 0.270 e. The van der Waals surface area contributed by atoms with Crippen molar-refractivity contribution in [1.29, 1.82) is 0 Å². The van der Waals surface area contributed by atoms with Crippen molar-refractivity contribution in [2.24, 2.45) is 4.99 Å². The van der Waals surface area contributed by atoms with Gasteiger partial charge in [-0.05, 0) is 18.9 Å². The summed E-state index contributed by atoms with van der Waals surface area (Å²) in [7, 11) is 0. The van der Waals surface area contributed by atoms with Gasteiger partial charge in [0.05, 0.1) is 41.5 Å². The van der Waals surface area contributed by atoms with Crippen LogP contribution in [0.1, 0.15) is 30.9 Å². The average molecular weight is 359 g/mol. The number of hydrogen-bond donors (Lipinski definition) is 1. The van der Waals surface area contributed by atoms with Crippen molar-refractivity contribution < 1.29 is 19.5 Å². The minimum absolute atomic E-state index is 0.00773. The highest BCUT2D eigenvalue weighted by atomic mass is 16.6. The summed E-state index contributed by atoms with van der Waals surface area (Å²) in [6, 6.07) is 4.84. The van der Waals surface area contributed by atoms with Crippen molar-refractivity contribution in [3.05, 3.63) is 33.9 Å². The Balaban J connectivity index is 1.92. The third kappa shape index (κ3) is 2.95. The zero-order chi connectivity index (χ0) is 18.1. The molecule has 1 aromatic heterocycles. The first-order chi connectivity index (χ1) is 12.7. The summed E-state index contributed by atoms with van der Waals surface area (Å²) in [5.74, 6) is 0.132. The van der Waals surface area contributed by atoms with Crippen LogP contribution in [0.15, 0.2) is 23.2 Å². The normalized spacial score (nSPS) is 19.3. The van der Waals surface area contributed by atoms with Gasteiger partial charge in [0, 0.05) is 43.2 Å². The molecule has 2 aliphatic heterocycles. The Labute approximate surface area is 150 Å². The lowest BCUT2D eigenvalue weighted by Crippen LogP contribution is -2.19. The first-order valence-electron chi connectivity index (χ1n) is 8.87. The summed E-state index contributed by atoms with van der Waals surface area (Å²) in [6.07, 6.45) is 2.16. The lowest BCUT2D eigenvalue weighted by Gasteiger charge is -2.25. The average Bonchev–Trinajstić information content (AvgIpc) is 2.80. The molecule has 8 heteroatoms. The third-order valence-corrected chi connectivity index (χ3v) is 5.04. The summed E-state index contributed by atoms with van der Waals surface area (Å²) in [4.78, 5) is 15.4. The molecule has 0 radical (unpaired) electrons. The Kier molecular flexibility index (Phi) is 4.60. The van der Waals surface area contributed by atoms with Gasteiger partial charge in [-0.3, -0.25) is 15.1 Å². The van der Waals surface area contributed by atoms with E-state index in [0.29, 0.717) is 50.3 Å². The third-order valence-electron chi connectivity index (χ3n) is 5.04. The van der Waals surface area contributed by atoms with Crippen LogP contribution in [0.4, 0.5) is 5.69 Å². The van der Waals surface area contributed by atoms with E-state index in [1.807, 2.05) is 4.57 Å². The molecular formula is C18H21N3O5. The standard InChI is InChI=1S/C18H21N3O5/c22-18-17(15-5-9-26-10-6-19-15)14-11-13(21(23)24)1-2-16(14)20(18)12-3-7-25-8-4-12/h1-2,11-12,22H,3-10H2. The lowest BCUT2D eigenvalue weighted by atomic mass is 10.1. The SMILES string of the molecule is O=[N+]([O-])c1ccc2c(c1)c(C1=NCCOCC1)c(O)n2C1CCOCC1. The number of non-ortho nitro benzene ring substituents is 1. The fourth-order valence-electron chi connectivity index (χ4n) is 3.80. The zero-order valence-corrected chi connectivity index (χ0v) is 14.4. The van der Waals surface area contributed by atoms with Gasteiger partial charge in [0.2, 0.25) is 5.88 Å². The van der Waals surface area contributed by atoms with Crippen LogP contribution in [0.5, 0.6) is 5.88 Å². The molecule has 1 aromatic carbocycles. The lowest BCUT2D eigenvalue weighted by molar-refractivity contribution is -0.384. The van der Waals surface area contributed by atoms with E-state index in [-0.39, 0.29) is 17.6 Å². The maximum Gasteiger partial charge on any atom is 0.270 e. The molecule has 1 fully saturated rings. The maximum atomic E-state index is 11.3. The molecule has 3 heterocycles. The van der Waals surface area contributed by atoms with Gasteiger partial charge < -0.3 is 19.1 Å². The number of nitrogens with zero attached hydrogens (tertiary/aromatic N) is 3. The van der Waals surface area contributed by atoms with Crippen molar-refractivity contribution >= 4 is 22.3 Å². The van der Waals surface area contributed by atoms with Gasteiger partial charge in [0.15, 0.2) is 0 Å². The Morgan fingerprint density at radius 3 is 2.73 bits per heavy atom. The van der Waals surface area contributed by atoms with E-state index < -0.39 is 4.92 Å². The second-order valence-corrected chi connectivity index (χ2v) is 6.56.